The Morgan fingerprint density at radius 1 is 1.31 bits per heavy atom. The molecule has 0 spiro atoms. The largest absolute Gasteiger partial charge is 0.480 e. The molecule has 4 nitrogen and oxygen atoms in total. The molecule has 16 heavy (non-hydrogen) atoms. The fraction of sp³-hybridized carbons (Fsp3) is 0.273. The molecule has 0 aliphatic heterocycles. The van der Waals surface area contributed by atoms with E-state index < -0.39 is 12.0 Å². The van der Waals surface area contributed by atoms with Crippen LogP contribution in [-0.2, 0) is 11.2 Å². The highest BCUT2D eigenvalue weighted by atomic mass is 35.5. The van der Waals surface area contributed by atoms with Crippen molar-refractivity contribution in [1.29, 1.82) is 0 Å². The lowest BCUT2D eigenvalue weighted by Crippen LogP contribution is -2.32. The summed E-state index contributed by atoms with van der Waals surface area (Å²) in [5.74, 6) is -1.03. The van der Waals surface area contributed by atoms with Gasteiger partial charge in [-0.3, -0.25) is 9.59 Å². The molecule has 0 amide bonds. The number of carboxylic acids is 1. The molecule has 1 atom stereocenters. The Morgan fingerprint density at radius 2 is 1.81 bits per heavy atom. The Labute approximate surface area is 99.9 Å². The van der Waals surface area contributed by atoms with Gasteiger partial charge in [0.15, 0.2) is 5.78 Å². The molecule has 3 N–H and O–H groups in total. The van der Waals surface area contributed by atoms with Gasteiger partial charge in [-0.15, -0.1) is 12.4 Å². The Morgan fingerprint density at radius 3 is 2.19 bits per heavy atom. The van der Waals surface area contributed by atoms with Crippen LogP contribution in [0.25, 0.3) is 0 Å². The van der Waals surface area contributed by atoms with Gasteiger partial charge in [-0.05, 0) is 18.9 Å². The van der Waals surface area contributed by atoms with Gasteiger partial charge in [0.05, 0.1) is 0 Å². The van der Waals surface area contributed by atoms with Crippen LogP contribution in [0.1, 0.15) is 22.8 Å². The van der Waals surface area contributed by atoms with Crippen LogP contribution in [0.5, 0.6) is 0 Å². The van der Waals surface area contributed by atoms with Gasteiger partial charge in [0.25, 0.3) is 0 Å². The number of hydrogen-bond acceptors (Lipinski definition) is 3. The van der Waals surface area contributed by atoms with Crippen molar-refractivity contribution in [3.63, 3.8) is 0 Å². The van der Waals surface area contributed by atoms with Crippen LogP contribution in [0.2, 0.25) is 0 Å². The summed E-state index contributed by atoms with van der Waals surface area (Å²) in [4.78, 5) is 21.5. The number of aliphatic carboxylic acids is 1. The lowest BCUT2D eigenvalue weighted by atomic mass is 10.0. The van der Waals surface area contributed by atoms with Crippen molar-refractivity contribution in [3.8, 4) is 0 Å². The summed E-state index contributed by atoms with van der Waals surface area (Å²) in [6.07, 6.45) is 0.271. The summed E-state index contributed by atoms with van der Waals surface area (Å²) >= 11 is 0. The Kier molecular flexibility index (Phi) is 5.71. The third-order valence-corrected chi connectivity index (χ3v) is 2.13. The lowest BCUT2D eigenvalue weighted by molar-refractivity contribution is -0.138. The highest BCUT2D eigenvalue weighted by Gasteiger charge is 2.11. The number of ketones is 1. The topological polar surface area (TPSA) is 80.4 Å². The van der Waals surface area contributed by atoms with Gasteiger partial charge in [-0.1, -0.05) is 24.3 Å². The zero-order chi connectivity index (χ0) is 11.4. The van der Waals surface area contributed by atoms with E-state index in [1.807, 2.05) is 0 Å². The number of carboxylic acid groups (broad SMARTS) is 1. The molecule has 0 saturated heterocycles. The van der Waals surface area contributed by atoms with Crippen molar-refractivity contribution >= 4 is 24.2 Å². The predicted octanol–water partition coefficient (Wildman–Crippen LogP) is 1.27. The van der Waals surface area contributed by atoms with Crippen LogP contribution in [0.4, 0.5) is 0 Å². The van der Waals surface area contributed by atoms with Crippen molar-refractivity contribution in [2.24, 2.45) is 5.73 Å². The molecular weight excluding hydrogens is 230 g/mol. The maximum Gasteiger partial charge on any atom is 0.320 e. The van der Waals surface area contributed by atoms with E-state index in [9.17, 15) is 9.59 Å². The summed E-state index contributed by atoms with van der Waals surface area (Å²) in [5.41, 5.74) is 6.81. The summed E-state index contributed by atoms with van der Waals surface area (Å²) in [5, 5.41) is 8.61. The second-order valence-corrected chi connectivity index (χ2v) is 3.40. The molecule has 1 aromatic rings. The number of hydrogen-bond donors (Lipinski definition) is 2. The van der Waals surface area contributed by atoms with Crippen LogP contribution in [-0.4, -0.2) is 22.9 Å². The van der Waals surface area contributed by atoms with Crippen molar-refractivity contribution in [2.75, 3.05) is 0 Å². The molecule has 0 radical (unpaired) electrons. The summed E-state index contributed by atoms with van der Waals surface area (Å²) < 4.78 is 0. The highest BCUT2D eigenvalue weighted by Crippen LogP contribution is 2.07. The minimum Gasteiger partial charge on any atom is -0.480 e. The highest BCUT2D eigenvalue weighted by molar-refractivity contribution is 5.94. The third kappa shape index (κ3) is 4.00. The van der Waals surface area contributed by atoms with Gasteiger partial charge in [0.1, 0.15) is 6.04 Å². The van der Waals surface area contributed by atoms with Gasteiger partial charge < -0.3 is 10.8 Å². The molecule has 0 unspecified atom stereocenters. The molecule has 0 heterocycles. The van der Waals surface area contributed by atoms with Crippen LogP contribution < -0.4 is 5.73 Å². The van der Waals surface area contributed by atoms with Crippen LogP contribution >= 0.6 is 12.4 Å². The van der Waals surface area contributed by atoms with Crippen LogP contribution in [0.15, 0.2) is 24.3 Å². The zero-order valence-corrected chi connectivity index (χ0v) is 9.66. The second-order valence-electron chi connectivity index (χ2n) is 3.40. The van der Waals surface area contributed by atoms with Crippen LogP contribution in [0, 0.1) is 0 Å². The molecule has 0 bridgehead atoms. The Balaban J connectivity index is 0.00000225. The maximum absolute atomic E-state index is 11.0. The number of carbonyl (C=O) groups is 2. The first-order valence-electron chi connectivity index (χ1n) is 4.59. The van der Waals surface area contributed by atoms with Gasteiger partial charge in [0, 0.05) is 5.56 Å². The minimum atomic E-state index is -1.02. The average molecular weight is 244 g/mol. The fourth-order valence-electron chi connectivity index (χ4n) is 1.22. The number of rotatable bonds is 4. The smallest absolute Gasteiger partial charge is 0.320 e. The van der Waals surface area contributed by atoms with E-state index in [2.05, 4.69) is 0 Å². The van der Waals surface area contributed by atoms with E-state index in [4.69, 9.17) is 10.8 Å². The SMILES string of the molecule is CC(=O)c1ccc(C[C@H](N)C(=O)O)cc1.Cl. The normalized spacial score (nSPS) is 11.4. The number of carbonyl (C=O) groups excluding carboxylic acids is 1. The third-order valence-electron chi connectivity index (χ3n) is 2.13. The van der Waals surface area contributed by atoms with E-state index in [1.165, 1.54) is 6.92 Å². The number of nitrogens with two attached hydrogens (primary N) is 1. The molecular formula is C11H14ClNO3. The van der Waals surface area contributed by atoms with Gasteiger partial charge in [0.2, 0.25) is 0 Å². The summed E-state index contributed by atoms with van der Waals surface area (Å²) in [6, 6.07) is 5.89. The molecule has 1 aromatic carbocycles. The maximum atomic E-state index is 11.0. The van der Waals surface area contributed by atoms with E-state index in [0.717, 1.165) is 5.56 Å². The van der Waals surface area contributed by atoms with Crippen molar-refractivity contribution < 1.29 is 14.7 Å². The average Bonchev–Trinajstić information content (AvgIpc) is 2.18. The standard InChI is InChI=1S/C11H13NO3.ClH/c1-7(13)9-4-2-8(3-5-9)6-10(12)11(14)15;/h2-5,10H,6,12H2,1H3,(H,14,15);1H/t10-;/m0./s1. The number of Topliss-reactive ketones (excluding diaryl/α,β-unsaturated/α-hetero) is 1. The van der Waals surface area contributed by atoms with E-state index in [1.54, 1.807) is 24.3 Å². The predicted molar refractivity (Wildman–Crippen MR) is 63.0 cm³/mol. The monoisotopic (exact) mass is 243 g/mol. The van der Waals surface area contributed by atoms with Gasteiger partial charge >= 0.3 is 5.97 Å². The van der Waals surface area contributed by atoms with Crippen LogP contribution in [0.3, 0.4) is 0 Å². The Bertz CT molecular complexity index is 375. The van der Waals surface area contributed by atoms with Gasteiger partial charge in [-0.2, -0.15) is 0 Å². The first-order chi connectivity index (χ1) is 7.00. The quantitative estimate of drug-likeness (QED) is 0.781. The molecule has 0 aromatic heterocycles. The minimum absolute atomic E-state index is 0. The fourth-order valence-corrected chi connectivity index (χ4v) is 1.22. The first kappa shape index (κ1) is 14.6. The van der Waals surface area contributed by atoms with Crippen molar-refractivity contribution in [2.45, 2.75) is 19.4 Å². The molecule has 1 rings (SSSR count). The second kappa shape index (κ2) is 6.25. The van der Waals surface area contributed by atoms with Crippen molar-refractivity contribution in [3.05, 3.63) is 35.4 Å². The first-order valence-corrected chi connectivity index (χ1v) is 4.59. The van der Waals surface area contributed by atoms with Gasteiger partial charge in [-0.25, -0.2) is 0 Å². The zero-order valence-electron chi connectivity index (χ0n) is 8.84. The van der Waals surface area contributed by atoms with E-state index in [0.29, 0.717) is 5.56 Å². The lowest BCUT2D eigenvalue weighted by Gasteiger charge is -2.06. The molecule has 0 fully saturated rings. The molecule has 0 aliphatic carbocycles. The summed E-state index contributed by atoms with van der Waals surface area (Å²) in [7, 11) is 0. The molecule has 88 valence electrons. The number of benzene rings is 1. The van der Waals surface area contributed by atoms with E-state index >= 15 is 0 Å². The van der Waals surface area contributed by atoms with Crippen molar-refractivity contribution in [1.82, 2.24) is 0 Å². The van der Waals surface area contributed by atoms with E-state index in [-0.39, 0.29) is 24.6 Å². The molecule has 0 aliphatic rings. The molecule has 0 saturated carbocycles. The summed E-state index contributed by atoms with van der Waals surface area (Å²) in [6.45, 7) is 1.48. The Hall–Kier alpha value is -1.39. The molecule has 5 heteroatoms. The number of halogens is 1.